The molecule has 4 nitrogen and oxygen atoms in total. The number of rotatable bonds is 4. The van der Waals surface area contributed by atoms with Crippen LogP contribution in [0.15, 0.2) is 36.7 Å². The predicted molar refractivity (Wildman–Crippen MR) is 80.2 cm³/mol. The van der Waals surface area contributed by atoms with Crippen molar-refractivity contribution in [3.63, 3.8) is 0 Å². The summed E-state index contributed by atoms with van der Waals surface area (Å²) < 4.78 is 5.65. The van der Waals surface area contributed by atoms with Crippen LogP contribution in [0.25, 0.3) is 0 Å². The highest BCUT2D eigenvalue weighted by Gasteiger charge is 2.09. The van der Waals surface area contributed by atoms with Crippen molar-refractivity contribution in [2.75, 3.05) is 0 Å². The highest BCUT2D eigenvalue weighted by molar-refractivity contribution is 6.30. The maximum absolute atomic E-state index is 5.83. The molecule has 0 amide bonds. The molecule has 0 bridgehead atoms. The van der Waals surface area contributed by atoms with Crippen molar-refractivity contribution in [3.05, 3.63) is 47.4 Å². The molecule has 20 heavy (non-hydrogen) atoms. The van der Waals surface area contributed by atoms with Crippen LogP contribution in [0.2, 0.25) is 5.02 Å². The van der Waals surface area contributed by atoms with E-state index in [-0.39, 0.29) is 5.54 Å². The molecule has 5 heteroatoms. The van der Waals surface area contributed by atoms with Crippen LogP contribution in [0.4, 0.5) is 0 Å². The van der Waals surface area contributed by atoms with Gasteiger partial charge in [-0.25, -0.2) is 4.98 Å². The van der Waals surface area contributed by atoms with E-state index in [1.165, 1.54) is 0 Å². The molecule has 2 rings (SSSR count). The summed E-state index contributed by atoms with van der Waals surface area (Å²) in [5.74, 6) is 1.16. The number of hydrogen-bond donors (Lipinski definition) is 1. The van der Waals surface area contributed by atoms with Crippen LogP contribution in [0, 0.1) is 0 Å². The molecule has 106 valence electrons. The molecule has 0 unspecified atom stereocenters. The topological polar surface area (TPSA) is 47.0 Å². The number of nitrogens with zero attached hydrogens (tertiary/aromatic N) is 2. The molecular weight excluding hydrogens is 274 g/mol. The maximum Gasteiger partial charge on any atom is 0.238 e. The lowest BCUT2D eigenvalue weighted by atomic mass is 10.1. The number of benzene rings is 1. The maximum atomic E-state index is 5.83. The van der Waals surface area contributed by atoms with Crippen molar-refractivity contribution >= 4 is 11.6 Å². The molecule has 0 radical (unpaired) electrons. The smallest absolute Gasteiger partial charge is 0.238 e. The summed E-state index contributed by atoms with van der Waals surface area (Å²) in [6.45, 7) is 6.96. The Morgan fingerprint density at radius 3 is 2.50 bits per heavy atom. The summed E-state index contributed by atoms with van der Waals surface area (Å²) in [7, 11) is 0. The van der Waals surface area contributed by atoms with Gasteiger partial charge in [-0.15, -0.1) is 0 Å². The molecule has 0 fully saturated rings. The zero-order valence-electron chi connectivity index (χ0n) is 11.9. The van der Waals surface area contributed by atoms with Crippen LogP contribution >= 0.6 is 11.6 Å². The first kappa shape index (κ1) is 14.8. The van der Waals surface area contributed by atoms with Crippen LogP contribution in [-0.2, 0) is 6.54 Å². The number of aromatic nitrogens is 2. The Morgan fingerprint density at radius 1 is 1.15 bits per heavy atom. The number of hydrogen-bond acceptors (Lipinski definition) is 4. The molecule has 0 spiro atoms. The van der Waals surface area contributed by atoms with Gasteiger partial charge >= 0.3 is 0 Å². The largest absolute Gasteiger partial charge is 0.437 e. The molecule has 1 heterocycles. The van der Waals surface area contributed by atoms with Crippen LogP contribution in [-0.4, -0.2) is 15.5 Å². The second-order valence-electron chi connectivity index (χ2n) is 5.51. The average Bonchev–Trinajstić information content (AvgIpc) is 2.39. The monoisotopic (exact) mass is 291 g/mol. The molecule has 0 aliphatic heterocycles. The van der Waals surface area contributed by atoms with Gasteiger partial charge in [0.25, 0.3) is 0 Å². The molecule has 0 aliphatic rings. The molecular formula is C15H18ClN3O. The van der Waals surface area contributed by atoms with Crippen LogP contribution in [0.3, 0.4) is 0 Å². The third-order valence-electron chi connectivity index (χ3n) is 2.50. The minimum Gasteiger partial charge on any atom is -0.437 e. The first-order chi connectivity index (χ1) is 9.42. The second-order valence-corrected chi connectivity index (χ2v) is 5.94. The van der Waals surface area contributed by atoms with Crippen LogP contribution < -0.4 is 10.1 Å². The van der Waals surface area contributed by atoms with Crippen molar-refractivity contribution in [1.82, 2.24) is 15.3 Å². The van der Waals surface area contributed by atoms with E-state index >= 15 is 0 Å². The summed E-state index contributed by atoms with van der Waals surface area (Å²) in [6, 6.07) is 7.14. The lowest BCUT2D eigenvalue weighted by Crippen LogP contribution is -2.35. The van der Waals surface area contributed by atoms with E-state index in [2.05, 4.69) is 36.1 Å². The fourth-order valence-corrected chi connectivity index (χ4v) is 1.63. The van der Waals surface area contributed by atoms with Gasteiger partial charge in [0.15, 0.2) is 0 Å². The van der Waals surface area contributed by atoms with Crippen LogP contribution in [0.5, 0.6) is 11.6 Å². The van der Waals surface area contributed by atoms with Gasteiger partial charge < -0.3 is 10.1 Å². The van der Waals surface area contributed by atoms with E-state index in [9.17, 15) is 0 Å². The molecule has 0 saturated heterocycles. The number of nitrogens with one attached hydrogen (secondary N) is 1. The van der Waals surface area contributed by atoms with Gasteiger partial charge in [0, 0.05) is 23.3 Å². The Balaban J connectivity index is 2.04. The fourth-order valence-electron chi connectivity index (χ4n) is 1.50. The summed E-state index contributed by atoms with van der Waals surface area (Å²) in [5.41, 5.74) is 0.876. The van der Waals surface area contributed by atoms with Gasteiger partial charge in [0.1, 0.15) is 5.75 Å². The minimum absolute atomic E-state index is 0.0364. The lowest BCUT2D eigenvalue weighted by Gasteiger charge is -2.20. The predicted octanol–water partition coefficient (Wildman–Crippen LogP) is 3.81. The normalized spacial score (nSPS) is 11.4. The Labute approximate surface area is 124 Å². The molecule has 0 saturated carbocycles. The van der Waals surface area contributed by atoms with Gasteiger partial charge in [-0.2, -0.15) is 0 Å². The number of ether oxygens (including phenoxy) is 1. The van der Waals surface area contributed by atoms with E-state index in [4.69, 9.17) is 16.3 Å². The van der Waals surface area contributed by atoms with Crippen molar-refractivity contribution in [2.45, 2.75) is 32.9 Å². The summed E-state index contributed by atoms with van der Waals surface area (Å²) in [6.07, 6.45) is 3.32. The van der Waals surface area contributed by atoms with E-state index in [1.807, 2.05) is 0 Å². The standard InChI is InChI=1S/C15H18ClN3O/c1-15(2,3)18-9-12-8-17-10-14(19-12)20-13-6-4-11(16)5-7-13/h4-8,10,18H,9H2,1-3H3. The second kappa shape index (κ2) is 6.20. The van der Waals surface area contributed by atoms with Gasteiger partial charge in [-0.05, 0) is 45.0 Å². The highest BCUT2D eigenvalue weighted by atomic mass is 35.5. The Morgan fingerprint density at radius 2 is 1.85 bits per heavy atom. The Hall–Kier alpha value is -1.65. The lowest BCUT2D eigenvalue weighted by molar-refractivity contribution is 0.414. The zero-order chi connectivity index (χ0) is 14.6. The van der Waals surface area contributed by atoms with Gasteiger partial charge in [0.2, 0.25) is 5.88 Å². The zero-order valence-corrected chi connectivity index (χ0v) is 12.6. The summed E-state index contributed by atoms with van der Waals surface area (Å²) in [4.78, 5) is 8.56. The van der Waals surface area contributed by atoms with Crippen molar-refractivity contribution < 1.29 is 4.74 Å². The first-order valence-electron chi connectivity index (χ1n) is 6.42. The molecule has 1 N–H and O–H groups in total. The van der Waals surface area contributed by atoms with Gasteiger partial charge in [-0.1, -0.05) is 11.6 Å². The Bertz CT molecular complexity index is 564. The van der Waals surface area contributed by atoms with E-state index in [0.29, 0.717) is 23.2 Å². The molecule has 0 atom stereocenters. The summed E-state index contributed by atoms with van der Waals surface area (Å²) in [5, 5.41) is 4.03. The fraction of sp³-hybridized carbons (Fsp3) is 0.333. The number of halogens is 1. The third-order valence-corrected chi connectivity index (χ3v) is 2.75. The molecule has 2 aromatic rings. The Kier molecular flexibility index (Phi) is 4.57. The van der Waals surface area contributed by atoms with E-state index in [0.717, 1.165) is 5.69 Å². The van der Waals surface area contributed by atoms with Crippen LogP contribution in [0.1, 0.15) is 26.5 Å². The molecule has 0 aliphatic carbocycles. The van der Waals surface area contributed by atoms with Gasteiger partial charge in [0.05, 0.1) is 11.9 Å². The van der Waals surface area contributed by atoms with Crippen molar-refractivity contribution in [2.24, 2.45) is 0 Å². The van der Waals surface area contributed by atoms with Gasteiger partial charge in [-0.3, -0.25) is 4.98 Å². The highest BCUT2D eigenvalue weighted by Crippen LogP contribution is 2.21. The third kappa shape index (κ3) is 4.79. The minimum atomic E-state index is 0.0364. The van der Waals surface area contributed by atoms with Crippen molar-refractivity contribution in [1.29, 1.82) is 0 Å². The van der Waals surface area contributed by atoms with E-state index < -0.39 is 0 Å². The summed E-state index contributed by atoms with van der Waals surface area (Å²) >= 11 is 5.83. The van der Waals surface area contributed by atoms with E-state index in [1.54, 1.807) is 36.7 Å². The molecule has 1 aromatic carbocycles. The molecule has 1 aromatic heterocycles. The quantitative estimate of drug-likeness (QED) is 0.930. The SMILES string of the molecule is CC(C)(C)NCc1cncc(Oc2ccc(Cl)cc2)n1. The van der Waals surface area contributed by atoms with Crippen molar-refractivity contribution in [3.8, 4) is 11.6 Å². The first-order valence-corrected chi connectivity index (χ1v) is 6.79. The average molecular weight is 292 g/mol.